The van der Waals surface area contributed by atoms with Gasteiger partial charge in [0, 0.05) is 24.7 Å². The van der Waals surface area contributed by atoms with Gasteiger partial charge < -0.3 is 10.4 Å². The van der Waals surface area contributed by atoms with E-state index in [-0.39, 0.29) is 22.9 Å². The molecule has 1 aliphatic heterocycles. The van der Waals surface area contributed by atoms with E-state index in [1.807, 2.05) is 24.3 Å². The lowest BCUT2D eigenvalue weighted by Crippen LogP contribution is -2.37. The molecule has 0 spiro atoms. The molecule has 9 heteroatoms. The fourth-order valence-corrected chi connectivity index (χ4v) is 6.41. The topological polar surface area (TPSA) is 86.7 Å². The zero-order valence-corrected chi connectivity index (χ0v) is 18.9. The number of aliphatic hydroxyl groups is 1. The molecule has 0 radical (unpaired) electrons. The summed E-state index contributed by atoms with van der Waals surface area (Å²) >= 11 is 6.92. The summed E-state index contributed by atoms with van der Waals surface area (Å²) in [6, 6.07) is 15.9. The number of rotatable bonds is 6. The third-order valence-electron chi connectivity index (χ3n) is 5.26. The van der Waals surface area contributed by atoms with E-state index in [0.29, 0.717) is 23.6 Å². The van der Waals surface area contributed by atoms with Crippen molar-refractivity contribution in [2.24, 2.45) is 0 Å². The van der Waals surface area contributed by atoms with Crippen LogP contribution in [0.2, 0.25) is 5.02 Å². The van der Waals surface area contributed by atoms with E-state index in [2.05, 4.69) is 5.32 Å². The number of hydrogen-bond donors (Lipinski definition) is 2. The molecule has 31 heavy (non-hydrogen) atoms. The number of fused-ring (bicyclic) bond motifs is 1. The highest BCUT2D eigenvalue weighted by Gasteiger charge is 2.32. The molecule has 0 saturated heterocycles. The monoisotopic (exact) mass is 476 g/mol. The molecule has 1 aliphatic rings. The first-order valence-corrected chi connectivity index (χ1v) is 12.4. The van der Waals surface area contributed by atoms with Crippen LogP contribution in [-0.4, -0.2) is 36.8 Å². The molecule has 2 heterocycles. The lowest BCUT2D eigenvalue weighted by atomic mass is 10.0. The van der Waals surface area contributed by atoms with Crippen molar-refractivity contribution < 1.29 is 18.3 Å². The number of aliphatic hydroxyl groups excluding tert-OH is 1. The third kappa shape index (κ3) is 4.68. The van der Waals surface area contributed by atoms with Gasteiger partial charge in [0.2, 0.25) is 10.0 Å². The summed E-state index contributed by atoms with van der Waals surface area (Å²) in [5, 5.41) is 15.1. The minimum absolute atomic E-state index is 0.00429. The van der Waals surface area contributed by atoms with Gasteiger partial charge in [0.1, 0.15) is 9.77 Å². The maximum atomic E-state index is 13.3. The van der Waals surface area contributed by atoms with Crippen molar-refractivity contribution in [1.82, 2.24) is 9.62 Å². The second-order valence-electron chi connectivity index (χ2n) is 7.25. The molecule has 3 aromatic rings. The zero-order valence-electron chi connectivity index (χ0n) is 16.5. The molecular formula is C22H21ClN2O4S2. The SMILES string of the molecule is O=C(NCC(O)c1ccc(Cl)cc1)c1sccc1S(=O)(=O)N1CCc2ccccc2C1. The Morgan fingerprint density at radius 1 is 1.13 bits per heavy atom. The lowest BCUT2D eigenvalue weighted by molar-refractivity contribution is 0.0917. The lowest BCUT2D eigenvalue weighted by Gasteiger charge is -2.28. The maximum Gasteiger partial charge on any atom is 0.262 e. The minimum Gasteiger partial charge on any atom is -0.387 e. The van der Waals surface area contributed by atoms with E-state index < -0.39 is 22.0 Å². The van der Waals surface area contributed by atoms with Crippen LogP contribution in [0, 0.1) is 0 Å². The van der Waals surface area contributed by atoms with Crippen LogP contribution < -0.4 is 5.32 Å². The number of carbonyl (C=O) groups is 1. The molecule has 2 N–H and O–H groups in total. The van der Waals surface area contributed by atoms with Crippen molar-refractivity contribution in [3.63, 3.8) is 0 Å². The van der Waals surface area contributed by atoms with Gasteiger partial charge in [-0.25, -0.2) is 8.42 Å². The Hall–Kier alpha value is -2.23. The summed E-state index contributed by atoms with van der Waals surface area (Å²) in [5.74, 6) is -0.529. The molecular weight excluding hydrogens is 456 g/mol. The third-order valence-corrected chi connectivity index (χ3v) is 8.44. The Bertz CT molecular complexity index is 1190. The standard InChI is InChI=1S/C22H21ClN2O4S2/c23-18-7-5-16(6-8-18)19(26)13-24-22(27)21-20(10-12-30-21)31(28,29)25-11-9-15-3-1-2-4-17(15)14-25/h1-8,10,12,19,26H,9,11,13-14H2,(H,24,27). The fourth-order valence-electron chi connectivity index (χ4n) is 3.55. The first-order valence-electron chi connectivity index (χ1n) is 9.72. The number of hydrogen-bond acceptors (Lipinski definition) is 5. The highest BCUT2D eigenvalue weighted by molar-refractivity contribution is 7.89. The molecule has 1 aromatic heterocycles. The fraction of sp³-hybridized carbons (Fsp3) is 0.227. The Kier molecular flexibility index (Phi) is 6.45. The van der Waals surface area contributed by atoms with Gasteiger partial charge in [-0.05, 0) is 46.7 Å². The van der Waals surface area contributed by atoms with Crippen LogP contribution >= 0.6 is 22.9 Å². The largest absolute Gasteiger partial charge is 0.387 e. The van der Waals surface area contributed by atoms with Crippen LogP contribution in [0.4, 0.5) is 0 Å². The smallest absolute Gasteiger partial charge is 0.262 e. The first kappa shape index (κ1) is 22.0. The van der Waals surface area contributed by atoms with Crippen LogP contribution in [0.15, 0.2) is 64.9 Å². The molecule has 6 nitrogen and oxygen atoms in total. The van der Waals surface area contributed by atoms with Crippen LogP contribution in [0.3, 0.4) is 0 Å². The molecule has 0 bridgehead atoms. The van der Waals surface area contributed by atoms with Gasteiger partial charge in [-0.3, -0.25) is 4.79 Å². The maximum absolute atomic E-state index is 13.3. The number of benzene rings is 2. The number of amides is 1. The van der Waals surface area contributed by atoms with E-state index in [1.165, 1.54) is 10.4 Å². The summed E-state index contributed by atoms with van der Waals surface area (Å²) in [4.78, 5) is 12.8. The van der Waals surface area contributed by atoms with E-state index in [1.54, 1.807) is 29.6 Å². The average molecular weight is 477 g/mol. The quantitative estimate of drug-likeness (QED) is 0.569. The van der Waals surface area contributed by atoms with E-state index in [4.69, 9.17) is 11.6 Å². The van der Waals surface area contributed by atoms with Gasteiger partial charge in [-0.1, -0.05) is 48.0 Å². The van der Waals surface area contributed by atoms with Gasteiger partial charge in [-0.2, -0.15) is 4.31 Å². The van der Waals surface area contributed by atoms with Crippen LogP contribution in [0.5, 0.6) is 0 Å². The molecule has 1 amide bonds. The summed E-state index contributed by atoms with van der Waals surface area (Å²) in [6.07, 6.45) is -0.297. The summed E-state index contributed by atoms with van der Waals surface area (Å²) in [5.41, 5.74) is 2.73. The Balaban J connectivity index is 1.47. The summed E-state index contributed by atoms with van der Waals surface area (Å²) in [6.45, 7) is 0.602. The normalized spacial score (nSPS) is 15.3. The van der Waals surface area contributed by atoms with E-state index in [0.717, 1.165) is 22.5 Å². The van der Waals surface area contributed by atoms with Crippen molar-refractivity contribution in [2.45, 2.75) is 24.0 Å². The van der Waals surface area contributed by atoms with E-state index >= 15 is 0 Å². The van der Waals surface area contributed by atoms with Gasteiger partial charge >= 0.3 is 0 Å². The van der Waals surface area contributed by atoms with Crippen molar-refractivity contribution >= 4 is 38.9 Å². The zero-order chi connectivity index (χ0) is 22.0. The number of nitrogens with one attached hydrogen (secondary N) is 1. The number of halogens is 1. The van der Waals surface area contributed by atoms with Gasteiger partial charge in [0.25, 0.3) is 5.91 Å². The second kappa shape index (κ2) is 9.10. The molecule has 2 aromatic carbocycles. The highest BCUT2D eigenvalue weighted by Crippen LogP contribution is 2.29. The Labute approximate surface area is 190 Å². The first-order chi connectivity index (χ1) is 14.9. The summed E-state index contributed by atoms with van der Waals surface area (Å²) < 4.78 is 27.9. The molecule has 0 saturated carbocycles. The van der Waals surface area contributed by atoms with Crippen molar-refractivity contribution in [3.05, 3.63) is 86.6 Å². The van der Waals surface area contributed by atoms with Crippen LogP contribution in [0.1, 0.15) is 32.5 Å². The molecule has 1 unspecified atom stereocenters. The van der Waals surface area contributed by atoms with Crippen molar-refractivity contribution in [3.8, 4) is 0 Å². The van der Waals surface area contributed by atoms with Crippen LogP contribution in [-0.2, 0) is 23.0 Å². The average Bonchev–Trinajstić information content (AvgIpc) is 3.28. The predicted molar refractivity (Wildman–Crippen MR) is 121 cm³/mol. The predicted octanol–water partition coefficient (Wildman–Crippen LogP) is 3.61. The van der Waals surface area contributed by atoms with Crippen LogP contribution in [0.25, 0.3) is 0 Å². The number of nitrogens with zero attached hydrogens (tertiary/aromatic N) is 1. The van der Waals surface area contributed by atoms with E-state index in [9.17, 15) is 18.3 Å². The molecule has 0 aliphatic carbocycles. The van der Waals surface area contributed by atoms with Gasteiger partial charge in [0.05, 0.1) is 6.10 Å². The molecule has 1 atom stereocenters. The Morgan fingerprint density at radius 3 is 2.58 bits per heavy atom. The van der Waals surface area contributed by atoms with Crippen molar-refractivity contribution in [2.75, 3.05) is 13.1 Å². The second-order valence-corrected chi connectivity index (χ2v) is 10.5. The number of carbonyl (C=O) groups excluding carboxylic acids is 1. The highest BCUT2D eigenvalue weighted by atomic mass is 35.5. The number of sulfonamides is 1. The minimum atomic E-state index is -3.83. The Morgan fingerprint density at radius 2 is 1.84 bits per heavy atom. The van der Waals surface area contributed by atoms with Gasteiger partial charge in [-0.15, -0.1) is 11.3 Å². The van der Waals surface area contributed by atoms with Gasteiger partial charge in [0.15, 0.2) is 0 Å². The molecule has 0 fully saturated rings. The number of thiophene rings is 1. The molecule has 4 rings (SSSR count). The van der Waals surface area contributed by atoms with Crippen molar-refractivity contribution in [1.29, 1.82) is 0 Å². The molecule has 162 valence electrons. The summed E-state index contributed by atoms with van der Waals surface area (Å²) in [7, 11) is -3.83.